The zero-order valence-corrected chi connectivity index (χ0v) is 13.1. The van der Waals surface area contributed by atoms with Gasteiger partial charge in [0.05, 0.1) is 5.39 Å². The monoisotopic (exact) mass is 294 g/mol. The Balaban J connectivity index is 2.49. The van der Waals surface area contributed by atoms with E-state index in [9.17, 15) is 0 Å². The molecule has 0 radical (unpaired) electrons. The first-order chi connectivity index (χ1) is 9.73. The van der Waals surface area contributed by atoms with E-state index in [0.29, 0.717) is 5.95 Å². The molecule has 0 saturated heterocycles. The van der Waals surface area contributed by atoms with Gasteiger partial charge in [-0.15, -0.1) is 11.3 Å². The van der Waals surface area contributed by atoms with Crippen molar-refractivity contribution < 1.29 is 5.11 Å². The SMILES string of the molecule is CCc1cc2c(N(CC)CCCO)nc(NC)nc2s1. The summed E-state index contributed by atoms with van der Waals surface area (Å²) in [6.45, 7) is 6.14. The molecule has 0 unspecified atom stereocenters. The number of nitrogens with one attached hydrogen (secondary N) is 1. The van der Waals surface area contributed by atoms with Crippen molar-refractivity contribution in [3.05, 3.63) is 10.9 Å². The van der Waals surface area contributed by atoms with Gasteiger partial charge in [-0.25, -0.2) is 4.98 Å². The Kier molecular flexibility index (Phi) is 5.14. The second-order valence-electron chi connectivity index (χ2n) is 4.56. The molecule has 2 heterocycles. The average molecular weight is 294 g/mol. The van der Waals surface area contributed by atoms with Gasteiger partial charge in [0, 0.05) is 31.6 Å². The fraction of sp³-hybridized carbons (Fsp3) is 0.571. The van der Waals surface area contributed by atoms with Crippen LogP contribution in [0.3, 0.4) is 0 Å². The van der Waals surface area contributed by atoms with Crippen LogP contribution in [-0.2, 0) is 6.42 Å². The van der Waals surface area contributed by atoms with Gasteiger partial charge in [-0.2, -0.15) is 4.98 Å². The zero-order valence-electron chi connectivity index (χ0n) is 12.3. The molecule has 0 aliphatic carbocycles. The van der Waals surface area contributed by atoms with Crippen molar-refractivity contribution >= 4 is 33.3 Å². The van der Waals surface area contributed by atoms with Crippen LogP contribution in [0.25, 0.3) is 10.2 Å². The van der Waals surface area contributed by atoms with Gasteiger partial charge in [-0.3, -0.25) is 0 Å². The van der Waals surface area contributed by atoms with Crippen molar-refractivity contribution in [3.8, 4) is 0 Å². The van der Waals surface area contributed by atoms with Gasteiger partial charge in [0.15, 0.2) is 0 Å². The molecule has 0 bridgehead atoms. The molecule has 0 atom stereocenters. The first-order valence-electron chi connectivity index (χ1n) is 7.07. The van der Waals surface area contributed by atoms with Crippen LogP contribution in [-0.4, -0.2) is 41.8 Å². The number of thiophene rings is 1. The predicted octanol–water partition coefficient (Wildman–Crippen LogP) is 2.50. The highest BCUT2D eigenvalue weighted by Crippen LogP contribution is 2.32. The molecule has 2 aromatic rings. The summed E-state index contributed by atoms with van der Waals surface area (Å²) in [5, 5.41) is 13.2. The van der Waals surface area contributed by atoms with Crippen LogP contribution in [0, 0.1) is 0 Å². The Bertz CT molecular complexity index is 570. The molecular formula is C14H22N4OS. The molecule has 0 aliphatic rings. The van der Waals surface area contributed by atoms with Crippen LogP contribution in [0.1, 0.15) is 25.1 Å². The maximum Gasteiger partial charge on any atom is 0.225 e. The summed E-state index contributed by atoms with van der Waals surface area (Å²) in [4.78, 5) is 13.7. The van der Waals surface area contributed by atoms with E-state index in [1.807, 2.05) is 7.05 Å². The molecule has 5 nitrogen and oxygen atoms in total. The Morgan fingerprint density at radius 1 is 1.35 bits per heavy atom. The molecule has 20 heavy (non-hydrogen) atoms. The van der Waals surface area contributed by atoms with Crippen molar-refractivity contribution in [2.24, 2.45) is 0 Å². The van der Waals surface area contributed by atoms with Gasteiger partial charge >= 0.3 is 0 Å². The van der Waals surface area contributed by atoms with Crippen LogP contribution in [0.4, 0.5) is 11.8 Å². The summed E-state index contributed by atoms with van der Waals surface area (Å²) in [5.41, 5.74) is 0. The maximum absolute atomic E-state index is 9.04. The highest BCUT2D eigenvalue weighted by atomic mass is 32.1. The second kappa shape index (κ2) is 6.85. The largest absolute Gasteiger partial charge is 0.396 e. The summed E-state index contributed by atoms with van der Waals surface area (Å²) < 4.78 is 0. The Hall–Kier alpha value is -1.40. The van der Waals surface area contributed by atoms with E-state index >= 15 is 0 Å². The number of aromatic nitrogens is 2. The minimum atomic E-state index is 0.202. The van der Waals surface area contributed by atoms with Crippen LogP contribution in [0.2, 0.25) is 0 Å². The standard InChI is InChI=1S/C14H22N4OS/c1-4-10-9-11-12(18(5-2)7-6-8-19)16-14(15-3)17-13(11)20-10/h9,19H,4-8H2,1-3H3,(H,15,16,17). The Labute approximate surface area is 123 Å². The smallest absolute Gasteiger partial charge is 0.225 e. The summed E-state index contributed by atoms with van der Waals surface area (Å²) in [7, 11) is 1.84. The van der Waals surface area contributed by atoms with Crippen LogP contribution >= 0.6 is 11.3 Å². The molecule has 2 aromatic heterocycles. The van der Waals surface area contributed by atoms with Crippen molar-refractivity contribution in [2.45, 2.75) is 26.7 Å². The van der Waals surface area contributed by atoms with E-state index in [1.54, 1.807) is 11.3 Å². The molecule has 0 aromatic carbocycles. The lowest BCUT2D eigenvalue weighted by Gasteiger charge is -2.22. The fourth-order valence-electron chi connectivity index (χ4n) is 2.16. The lowest BCUT2D eigenvalue weighted by molar-refractivity contribution is 0.289. The number of aryl methyl sites for hydroxylation is 1. The van der Waals surface area contributed by atoms with E-state index in [1.165, 1.54) is 4.88 Å². The topological polar surface area (TPSA) is 61.3 Å². The highest BCUT2D eigenvalue weighted by molar-refractivity contribution is 7.18. The minimum Gasteiger partial charge on any atom is -0.396 e. The summed E-state index contributed by atoms with van der Waals surface area (Å²) >= 11 is 1.73. The van der Waals surface area contributed by atoms with Gasteiger partial charge in [0.1, 0.15) is 10.6 Å². The molecule has 0 amide bonds. The lowest BCUT2D eigenvalue weighted by Crippen LogP contribution is -2.26. The number of anilines is 2. The zero-order chi connectivity index (χ0) is 14.5. The lowest BCUT2D eigenvalue weighted by atomic mass is 10.2. The van der Waals surface area contributed by atoms with E-state index < -0.39 is 0 Å². The van der Waals surface area contributed by atoms with Crippen molar-refractivity contribution in [3.63, 3.8) is 0 Å². The van der Waals surface area contributed by atoms with Gasteiger partial charge in [0.2, 0.25) is 5.95 Å². The summed E-state index contributed by atoms with van der Waals surface area (Å²) in [6, 6.07) is 2.19. The number of fused-ring (bicyclic) bond motifs is 1. The first kappa shape index (κ1) is 15.0. The quantitative estimate of drug-likeness (QED) is 0.821. The average Bonchev–Trinajstić information content (AvgIpc) is 2.90. The van der Waals surface area contributed by atoms with Crippen molar-refractivity contribution in [1.29, 1.82) is 0 Å². The normalized spacial score (nSPS) is 11.0. The third-order valence-corrected chi connectivity index (χ3v) is 4.44. The van der Waals surface area contributed by atoms with E-state index in [-0.39, 0.29) is 6.61 Å². The third-order valence-electron chi connectivity index (χ3n) is 3.26. The molecule has 0 saturated carbocycles. The molecule has 2 N–H and O–H groups in total. The van der Waals surface area contributed by atoms with Crippen molar-refractivity contribution in [1.82, 2.24) is 9.97 Å². The highest BCUT2D eigenvalue weighted by Gasteiger charge is 2.15. The van der Waals surface area contributed by atoms with Crippen LogP contribution < -0.4 is 10.2 Å². The number of hydrogen-bond donors (Lipinski definition) is 2. The van der Waals surface area contributed by atoms with Crippen molar-refractivity contribution in [2.75, 3.05) is 37.0 Å². The van der Waals surface area contributed by atoms with Gasteiger partial charge < -0.3 is 15.3 Å². The first-order valence-corrected chi connectivity index (χ1v) is 7.89. The maximum atomic E-state index is 9.04. The predicted molar refractivity (Wildman–Crippen MR) is 85.9 cm³/mol. The van der Waals surface area contributed by atoms with Gasteiger partial charge in [-0.1, -0.05) is 6.92 Å². The molecule has 6 heteroatoms. The van der Waals surface area contributed by atoms with Crippen LogP contribution in [0.15, 0.2) is 6.07 Å². The minimum absolute atomic E-state index is 0.202. The summed E-state index contributed by atoms with van der Waals surface area (Å²) in [6.07, 6.45) is 1.76. The van der Waals surface area contributed by atoms with E-state index in [2.05, 4.69) is 40.1 Å². The Morgan fingerprint density at radius 3 is 2.75 bits per heavy atom. The fourth-order valence-corrected chi connectivity index (χ4v) is 3.12. The number of aliphatic hydroxyl groups excluding tert-OH is 1. The third kappa shape index (κ3) is 3.02. The Morgan fingerprint density at radius 2 is 2.15 bits per heavy atom. The molecule has 0 spiro atoms. The molecule has 0 aliphatic heterocycles. The second-order valence-corrected chi connectivity index (χ2v) is 5.68. The molecular weight excluding hydrogens is 272 g/mol. The number of rotatable bonds is 7. The summed E-state index contributed by atoms with van der Waals surface area (Å²) in [5.74, 6) is 1.62. The number of aliphatic hydroxyl groups is 1. The molecule has 110 valence electrons. The van der Waals surface area contributed by atoms with E-state index in [4.69, 9.17) is 5.11 Å². The number of hydrogen-bond acceptors (Lipinski definition) is 6. The molecule has 0 fully saturated rings. The van der Waals surface area contributed by atoms with Crippen LogP contribution in [0.5, 0.6) is 0 Å². The van der Waals surface area contributed by atoms with E-state index in [0.717, 1.165) is 42.0 Å². The molecule has 2 rings (SSSR count). The van der Waals surface area contributed by atoms with Gasteiger partial charge in [0.25, 0.3) is 0 Å². The number of nitrogens with zero attached hydrogens (tertiary/aromatic N) is 3. The van der Waals surface area contributed by atoms with Gasteiger partial charge in [-0.05, 0) is 25.8 Å².